The smallest absolute Gasteiger partial charge is 0.0483 e. The van der Waals surface area contributed by atoms with Crippen LogP contribution in [0.25, 0.3) is 0 Å². The van der Waals surface area contributed by atoms with Crippen molar-refractivity contribution in [3.05, 3.63) is 0 Å². The van der Waals surface area contributed by atoms with Crippen LogP contribution in [-0.4, -0.2) is 35.7 Å². The lowest BCUT2D eigenvalue weighted by molar-refractivity contribution is 0.0241. The second-order valence-electron chi connectivity index (χ2n) is 3.26. The molecule has 2 heteroatoms. The first-order chi connectivity index (χ1) is 4.77. The van der Waals surface area contributed by atoms with Crippen LogP contribution in [-0.2, 0) is 0 Å². The van der Waals surface area contributed by atoms with Gasteiger partial charge in [-0.1, -0.05) is 6.92 Å². The minimum Gasteiger partial charge on any atom is -0.396 e. The van der Waals surface area contributed by atoms with Crippen molar-refractivity contribution in [3.63, 3.8) is 0 Å². The summed E-state index contributed by atoms with van der Waals surface area (Å²) in [5.41, 5.74) is 0. The van der Waals surface area contributed by atoms with Crippen molar-refractivity contribution in [2.24, 2.45) is 5.92 Å². The largest absolute Gasteiger partial charge is 0.396 e. The van der Waals surface area contributed by atoms with E-state index in [-0.39, 0.29) is 0 Å². The molecular formula is C8H17NO. The van der Waals surface area contributed by atoms with Gasteiger partial charge < -0.3 is 5.11 Å². The normalized spacial score (nSPS) is 24.3. The number of aliphatic hydroxyl groups excluding tert-OH is 1. The van der Waals surface area contributed by atoms with Gasteiger partial charge in [0.1, 0.15) is 0 Å². The van der Waals surface area contributed by atoms with Gasteiger partial charge in [-0.05, 0) is 13.3 Å². The summed E-state index contributed by atoms with van der Waals surface area (Å²) in [7, 11) is 0. The summed E-state index contributed by atoms with van der Waals surface area (Å²) in [6.45, 7) is 7.02. The first-order valence-electron chi connectivity index (χ1n) is 4.12. The van der Waals surface area contributed by atoms with Crippen LogP contribution in [0, 0.1) is 5.92 Å². The molecule has 0 aliphatic carbocycles. The molecule has 0 aromatic rings. The highest BCUT2D eigenvalue weighted by atomic mass is 16.3. The molecule has 1 fully saturated rings. The quantitative estimate of drug-likeness (QED) is 0.629. The van der Waals surface area contributed by atoms with Gasteiger partial charge >= 0.3 is 0 Å². The van der Waals surface area contributed by atoms with Crippen LogP contribution < -0.4 is 0 Å². The summed E-state index contributed by atoms with van der Waals surface area (Å²) < 4.78 is 0. The first-order valence-corrected chi connectivity index (χ1v) is 4.12. The zero-order valence-corrected chi connectivity index (χ0v) is 6.88. The molecule has 0 radical (unpaired) electrons. The molecule has 60 valence electrons. The topological polar surface area (TPSA) is 23.5 Å². The zero-order chi connectivity index (χ0) is 7.56. The molecule has 1 aliphatic rings. The molecule has 1 atom stereocenters. The molecule has 1 saturated heterocycles. The lowest BCUT2D eigenvalue weighted by Crippen LogP contribution is -2.52. The molecule has 1 heterocycles. The average Bonchev–Trinajstić information content (AvgIpc) is 1.85. The molecule has 1 rings (SSSR count). The number of rotatable bonds is 3. The van der Waals surface area contributed by atoms with E-state index in [1.54, 1.807) is 0 Å². The number of hydrogen-bond acceptors (Lipinski definition) is 2. The van der Waals surface area contributed by atoms with E-state index in [9.17, 15) is 0 Å². The van der Waals surface area contributed by atoms with Crippen LogP contribution in [0.4, 0.5) is 0 Å². The highest BCUT2D eigenvalue weighted by Crippen LogP contribution is 2.18. The SMILES string of the molecule is CCC(C)N1CC(CO)C1. The Morgan fingerprint density at radius 2 is 2.20 bits per heavy atom. The van der Waals surface area contributed by atoms with Crippen molar-refractivity contribution < 1.29 is 5.11 Å². The van der Waals surface area contributed by atoms with Crippen LogP contribution in [0.3, 0.4) is 0 Å². The number of nitrogens with zero attached hydrogens (tertiary/aromatic N) is 1. The summed E-state index contributed by atoms with van der Waals surface area (Å²) in [5.74, 6) is 0.564. The predicted octanol–water partition coefficient (Wildman–Crippen LogP) is 0.709. The maximum atomic E-state index is 8.73. The van der Waals surface area contributed by atoms with E-state index in [0.29, 0.717) is 18.6 Å². The van der Waals surface area contributed by atoms with E-state index in [2.05, 4.69) is 18.7 Å². The van der Waals surface area contributed by atoms with Crippen LogP contribution in [0.2, 0.25) is 0 Å². The second-order valence-corrected chi connectivity index (χ2v) is 3.26. The molecule has 0 aromatic carbocycles. The summed E-state index contributed by atoms with van der Waals surface area (Å²) in [6.07, 6.45) is 1.22. The van der Waals surface area contributed by atoms with E-state index < -0.39 is 0 Å². The van der Waals surface area contributed by atoms with Gasteiger partial charge in [0, 0.05) is 31.7 Å². The average molecular weight is 143 g/mol. The van der Waals surface area contributed by atoms with Crippen molar-refractivity contribution in [2.75, 3.05) is 19.7 Å². The maximum Gasteiger partial charge on any atom is 0.0483 e. The van der Waals surface area contributed by atoms with Crippen molar-refractivity contribution in [1.29, 1.82) is 0 Å². The fraction of sp³-hybridized carbons (Fsp3) is 1.00. The molecule has 2 nitrogen and oxygen atoms in total. The Bertz CT molecular complexity index is 99.4. The fourth-order valence-corrected chi connectivity index (χ4v) is 1.34. The third-order valence-electron chi connectivity index (χ3n) is 2.46. The highest BCUT2D eigenvalue weighted by Gasteiger charge is 2.28. The van der Waals surface area contributed by atoms with E-state index in [1.807, 2.05) is 0 Å². The fourth-order valence-electron chi connectivity index (χ4n) is 1.34. The van der Waals surface area contributed by atoms with Gasteiger partial charge in [-0.3, -0.25) is 4.90 Å². The van der Waals surface area contributed by atoms with Crippen LogP contribution in [0.15, 0.2) is 0 Å². The Balaban J connectivity index is 2.13. The Kier molecular flexibility index (Phi) is 2.69. The Morgan fingerprint density at radius 1 is 1.60 bits per heavy atom. The molecule has 0 bridgehead atoms. The minimum atomic E-state index is 0.368. The number of likely N-dealkylation sites (tertiary alicyclic amines) is 1. The molecule has 0 amide bonds. The predicted molar refractivity (Wildman–Crippen MR) is 41.9 cm³/mol. The lowest BCUT2D eigenvalue weighted by Gasteiger charge is -2.42. The van der Waals surface area contributed by atoms with Gasteiger partial charge in [0.2, 0.25) is 0 Å². The Labute approximate surface area is 62.8 Å². The van der Waals surface area contributed by atoms with E-state index in [4.69, 9.17) is 5.11 Å². The Morgan fingerprint density at radius 3 is 2.60 bits per heavy atom. The zero-order valence-electron chi connectivity index (χ0n) is 6.88. The molecule has 1 N–H and O–H groups in total. The van der Waals surface area contributed by atoms with Crippen LogP contribution in [0.1, 0.15) is 20.3 Å². The lowest BCUT2D eigenvalue weighted by atomic mass is 9.98. The molecule has 10 heavy (non-hydrogen) atoms. The summed E-state index contributed by atoms with van der Waals surface area (Å²) >= 11 is 0. The van der Waals surface area contributed by atoms with Gasteiger partial charge in [0.25, 0.3) is 0 Å². The second kappa shape index (κ2) is 3.35. The van der Waals surface area contributed by atoms with E-state index in [0.717, 1.165) is 13.1 Å². The van der Waals surface area contributed by atoms with Crippen LogP contribution >= 0.6 is 0 Å². The Hall–Kier alpha value is -0.0800. The maximum absolute atomic E-state index is 8.73. The molecule has 1 unspecified atom stereocenters. The van der Waals surface area contributed by atoms with Gasteiger partial charge in [0.05, 0.1) is 0 Å². The molecular weight excluding hydrogens is 126 g/mol. The summed E-state index contributed by atoms with van der Waals surface area (Å²) in [5, 5.41) is 8.73. The molecule has 1 aliphatic heterocycles. The monoisotopic (exact) mass is 143 g/mol. The highest BCUT2D eigenvalue weighted by molar-refractivity contribution is 4.82. The summed E-state index contributed by atoms with van der Waals surface area (Å²) in [6, 6.07) is 0.711. The molecule has 0 spiro atoms. The van der Waals surface area contributed by atoms with Gasteiger partial charge in [-0.2, -0.15) is 0 Å². The third-order valence-corrected chi connectivity index (χ3v) is 2.46. The van der Waals surface area contributed by atoms with Crippen molar-refractivity contribution in [1.82, 2.24) is 4.90 Å². The standard InChI is InChI=1S/C8H17NO/c1-3-7(2)9-4-8(5-9)6-10/h7-8,10H,3-6H2,1-2H3. The van der Waals surface area contributed by atoms with Crippen molar-refractivity contribution in [2.45, 2.75) is 26.3 Å². The number of hydrogen-bond donors (Lipinski definition) is 1. The molecule has 0 saturated carbocycles. The van der Waals surface area contributed by atoms with Gasteiger partial charge in [0.15, 0.2) is 0 Å². The van der Waals surface area contributed by atoms with E-state index >= 15 is 0 Å². The van der Waals surface area contributed by atoms with Gasteiger partial charge in [-0.15, -0.1) is 0 Å². The third kappa shape index (κ3) is 1.50. The van der Waals surface area contributed by atoms with Crippen molar-refractivity contribution >= 4 is 0 Å². The van der Waals surface area contributed by atoms with Crippen molar-refractivity contribution in [3.8, 4) is 0 Å². The molecule has 0 aromatic heterocycles. The summed E-state index contributed by atoms with van der Waals surface area (Å²) in [4.78, 5) is 2.42. The van der Waals surface area contributed by atoms with Crippen LogP contribution in [0.5, 0.6) is 0 Å². The van der Waals surface area contributed by atoms with Gasteiger partial charge in [-0.25, -0.2) is 0 Å². The minimum absolute atomic E-state index is 0.368. The van der Waals surface area contributed by atoms with E-state index in [1.165, 1.54) is 6.42 Å². The number of aliphatic hydroxyl groups is 1. The first kappa shape index (κ1) is 8.02.